The summed E-state index contributed by atoms with van der Waals surface area (Å²) >= 11 is 0. The van der Waals surface area contributed by atoms with Crippen molar-refractivity contribution in [2.24, 2.45) is 5.92 Å². The molecule has 180 valence electrons. The van der Waals surface area contributed by atoms with Crippen LogP contribution in [0, 0.1) is 19.8 Å². The van der Waals surface area contributed by atoms with Crippen LogP contribution in [-0.2, 0) is 23.9 Å². The van der Waals surface area contributed by atoms with Gasteiger partial charge in [0.15, 0.2) is 6.61 Å². The van der Waals surface area contributed by atoms with E-state index in [-0.39, 0.29) is 18.9 Å². The molecular formula is C26H30N2O6. The van der Waals surface area contributed by atoms with Crippen LogP contribution in [0.4, 0.5) is 11.4 Å². The molecule has 1 fully saturated rings. The van der Waals surface area contributed by atoms with Gasteiger partial charge in [0.1, 0.15) is 0 Å². The van der Waals surface area contributed by atoms with Crippen LogP contribution in [0.15, 0.2) is 42.5 Å². The average molecular weight is 467 g/mol. The van der Waals surface area contributed by atoms with Crippen LogP contribution in [0.1, 0.15) is 47.7 Å². The first kappa shape index (κ1) is 25.0. The molecule has 2 aromatic rings. The molecule has 1 atom stereocenters. The molecule has 8 heteroatoms. The van der Waals surface area contributed by atoms with Gasteiger partial charge in [0.05, 0.1) is 18.1 Å². The summed E-state index contributed by atoms with van der Waals surface area (Å²) < 4.78 is 10.3. The molecule has 1 N–H and O–H groups in total. The van der Waals surface area contributed by atoms with Gasteiger partial charge in [-0.3, -0.25) is 14.4 Å². The van der Waals surface area contributed by atoms with Gasteiger partial charge in [0.25, 0.3) is 5.91 Å². The summed E-state index contributed by atoms with van der Waals surface area (Å²) in [6.07, 6.45) is 1.78. The van der Waals surface area contributed by atoms with E-state index in [2.05, 4.69) is 5.32 Å². The van der Waals surface area contributed by atoms with Gasteiger partial charge in [-0.05, 0) is 67.8 Å². The second-order valence-corrected chi connectivity index (χ2v) is 8.40. The number of benzene rings is 2. The van der Waals surface area contributed by atoms with Gasteiger partial charge in [-0.15, -0.1) is 0 Å². The third-order valence-electron chi connectivity index (χ3n) is 5.74. The van der Waals surface area contributed by atoms with E-state index in [1.807, 2.05) is 39.0 Å². The smallest absolute Gasteiger partial charge is 0.338 e. The monoisotopic (exact) mass is 466 g/mol. The van der Waals surface area contributed by atoms with E-state index >= 15 is 0 Å². The Kier molecular flexibility index (Phi) is 8.40. The van der Waals surface area contributed by atoms with Crippen LogP contribution in [0.2, 0.25) is 0 Å². The van der Waals surface area contributed by atoms with Crippen LogP contribution in [0.3, 0.4) is 0 Å². The standard InChI is InChI=1S/C26H30N2O6/c1-4-5-12-33-25(31)19-7-9-21(10-8-19)27-23(29)16-34-26(32)20-14-24(30)28(15-20)22-11-6-17(2)18(3)13-22/h6-11,13,20H,4-5,12,14-16H2,1-3H3,(H,27,29)/t20-/m1/s1. The SMILES string of the molecule is CCCCOC(=O)c1ccc(NC(=O)COC(=O)[C@@H]2CC(=O)N(c3ccc(C)c(C)c3)C2)cc1. The van der Waals surface area contributed by atoms with E-state index < -0.39 is 30.4 Å². The van der Waals surface area contributed by atoms with E-state index in [4.69, 9.17) is 9.47 Å². The lowest BCUT2D eigenvalue weighted by Gasteiger charge is -2.17. The predicted octanol–water partition coefficient (Wildman–Crippen LogP) is 3.80. The van der Waals surface area contributed by atoms with Crippen molar-refractivity contribution in [3.8, 4) is 0 Å². The molecule has 0 spiro atoms. The van der Waals surface area contributed by atoms with Crippen molar-refractivity contribution in [3.05, 3.63) is 59.2 Å². The minimum atomic E-state index is -0.625. The number of ether oxygens (including phenoxy) is 2. The number of nitrogens with one attached hydrogen (secondary N) is 1. The van der Waals surface area contributed by atoms with E-state index in [9.17, 15) is 19.2 Å². The zero-order chi connectivity index (χ0) is 24.7. The van der Waals surface area contributed by atoms with Crippen molar-refractivity contribution in [1.82, 2.24) is 0 Å². The van der Waals surface area contributed by atoms with Crippen molar-refractivity contribution in [2.75, 3.05) is 30.0 Å². The van der Waals surface area contributed by atoms with Gasteiger partial charge in [0, 0.05) is 24.3 Å². The summed E-state index contributed by atoms with van der Waals surface area (Å²) in [5, 5.41) is 2.62. The molecule has 0 unspecified atom stereocenters. The van der Waals surface area contributed by atoms with E-state index in [1.54, 1.807) is 29.2 Å². The summed E-state index contributed by atoms with van der Waals surface area (Å²) in [6.45, 7) is 6.10. The largest absolute Gasteiger partial charge is 0.462 e. The maximum Gasteiger partial charge on any atom is 0.338 e. The minimum absolute atomic E-state index is 0.0448. The highest BCUT2D eigenvalue weighted by atomic mass is 16.5. The molecule has 8 nitrogen and oxygen atoms in total. The molecule has 3 rings (SSSR count). The number of esters is 2. The Labute approximate surface area is 199 Å². The average Bonchev–Trinajstić information content (AvgIpc) is 3.21. The molecule has 2 amide bonds. The van der Waals surface area contributed by atoms with Gasteiger partial charge in [-0.25, -0.2) is 4.79 Å². The molecule has 34 heavy (non-hydrogen) atoms. The molecule has 0 aromatic heterocycles. The highest BCUT2D eigenvalue weighted by molar-refractivity contribution is 6.00. The van der Waals surface area contributed by atoms with Gasteiger partial charge in [0.2, 0.25) is 5.91 Å². The van der Waals surface area contributed by atoms with Crippen LogP contribution < -0.4 is 10.2 Å². The van der Waals surface area contributed by atoms with E-state index in [1.165, 1.54) is 0 Å². The minimum Gasteiger partial charge on any atom is -0.462 e. The molecule has 0 aliphatic carbocycles. The summed E-state index contributed by atoms with van der Waals surface area (Å²) in [5.74, 6) is -2.29. The van der Waals surface area contributed by atoms with Gasteiger partial charge in [-0.1, -0.05) is 19.4 Å². The Morgan fingerprint density at radius 1 is 1.03 bits per heavy atom. The third-order valence-corrected chi connectivity index (χ3v) is 5.74. The van der Waals surface area contributed by atoms with Crippen LogP contribution in [0.25, 0.3) is 0 Å². The van der Waals surface area contributed by atoms with Crippen LogP contribution >= 0.6 is 0 Å². The number of carbonyl (C=O) groups is 4. The topological polar surface area (TPSA) is 102 Å². The predicted molar refractivity (Wildman–Crippen MR) is 128 cm³/mol. The third kappa shape index (κ3) is 6.43. The van der Waals surface area contributed by atoms with Crippen molar-refractivity contribution < 1.29 is 28.7 Å². The Bertz CT molecular complexity index is 1060. The number of anilines is 2. The molecule has 1 heterocycles. The Balaban J connectivity index is 1.46. The number of aryl methyl sites for hydroxylation is 2. The zero-order valence-corrected chi connectivity index (χ0v) is 19.8. The van der Waals surface area contributed by atoms with Crippen molar-refractivity contribution in [3.63, 3.8) is 0 Å². The number of rotatable bonds is 9. The van der Waals surface area contributed by atoms with Gasteiger partial charge in [-0.2, -0.15) is 0 Å². The zero-order valence-electron chi connectivity index (χ0n) is 19.8. The molecule has 0 saturated carbocycles. The number of unbranched alkanes of at least 4 members (excludes halogenated alkanes) is 1. The molecule has 1 aliphatic rings. The first-order valence-corrected chi connectivity index (χ1v) is 11.4. The van der Waals surface area contributed by atoms with Crippen molar-refractivity contribution in [2.45, 2.75) is 40.0 Å². The molecule has 1 saturated heterocycles. The Morgan fingerprint density at radius 3 is 2.44 bits per heavy atom. The highest BCUT2D eigenvalue weighted by Gasteiger charge is 2.36. The summed E-state index contributed by atoms with van der Waals surface area (Å²) in [5.41, 5.74) is 3.79. The normalized spacial score (nSPS) is 15.2. The Hall–Kier alpha value is -3.68. The lowest BCUT2D eigenvalue weighted by molar-refractivity contribution is -0.151. The van der Waals surface area contributed by atoms with E-state index in [0.29, 0.717) is 17.9 Å². The quantitative estimate of drug-likeness (QED) is 0.446. The summed E-state index contributed by atoms with van der Waals surface area (Å²) in [4.78, 5) is 50.6. The number of nitrogens with zero attached hydrogens (tertiary/aromatic N) is 1. The van der Waals surface area contributed by atoms with Gasteiger partial charge < -0.3 is 19.7 Å². The first-order chi connectivity index (χ1) is 16.3. The number of amides is 2. The van der Waals surface area contributed by atoms with Crippen molar-refractivity contribution >= 4 is 35.1 Å². The molecule has 2 aromatic carbocycles. The van der Waals surface area contributed by atoms with E-state index in [0.717, 1.165) is 29.7 Å². The second kappa shape index (κ2) is 11.4. The molecule has 0 bridgehead atoms. The summed E-state index contributed by atoms with van der Waals surface area (Å²) in [6, 6.07) is 12.0. The molecule has 1 aliphatic heterocycles. The van der Waals surface area contributed by atoms with Crippen molar-refractivity contribution in [1.29, 1.82) is 0 Å². The fraction of sp³-hybridized carbons (Fsp3) is 0.385. The fourth-order valence-corrected chi connectivity index (χ4v) is 3.54. The molecule has 0 radical (unpaired) electrons. The fourth-order valence-electron chi connectivity index (χ4n) is 3.54. The van der Waals surface area contributed by atoms with Gasteiger partial charge >= 0.3 is 11.9 Å². The van der Waals surface area contributed by atoms with Crippen LogP contribution in [-0.4, -0.2) is 43.5 Å². The summed E-state index contributed by atoms with van der Waals surface area (Å²) in [7, 11) is 0. The number of hydrogen-bond acceptors (Lipinski definition) is 6. The maximum atomic E-state index is 12.4. The number of carbonyl (C=O) groups excluding carboxylic acids is 4. The first-order valence-electron chi connectivity index (χ1n) is 11.4. The van der Waals surface area contributed by atoms with Crippen LogP contribution in [0.5, 0.6) is 0 Å². The second-order valence-electron chi connectivity index (χ2n) is 8.40. The molecular weight excluding hydrogens is 436 g/mol. The Morgan fingerprint density at radius 2 is 1.76 bits per heavy atom. The lowest BCUT2D eigenvalue weighted by atomic mass is 10.1. The highest BCUT2D eigenvalue weighted by Crippen LogP contribution is 2.27. The lowest BCUT2D eigenvalue weighted by Crippen LogP contribution is -2.28. The maximum absolute atomic E-state index is 12.4. The number of hydrogen-bond donors (Lipinski definition) is 1.